The van der Waals surface area contributed by atoms with E-state index in [4.69, 9.17) is 40.1 Å². The van der Waals surface area contributed by atoms with E-state index in [0.717, 1.165) is 4.90 Å². The molecule has 1 fully saturated rings. The number of nitrogens with two attached hydrogens (primary N) is 7. The van der Waals surface area contributed by atoms with E-state index in [2.05, 4.69) is 41.9 Å². The van der Waals surface area contributed by atoms with Gasteiger partial charge in [0.1, 0.15) is 42.3 Å². The molecule has 23 N–H and O–H groups in total. The third kappa shape index (κ3) is 19.3. The number of H-pyrrole nitrogens is 1. The Bertz CT molecular complexity index is 2430. The summed E-state index contributed by atoms with van der Waals surface area (Å²) in [5, 5.41) is 34.8. The zero-order chi connectivity index (χ0) is 55.2. The molecular formula is C44H66N16O14. The Balaban J connectivity index is 1.90. The third-order valence-electron chi connectivity index (χ3n) is 11.6. The number of aliphatic hydroxyl groups excluding tert-OH is 1. The number of aliphatic hydroxyl groups is 1. The fourth-order valence-electron chi connectivity index (χ4n) is 7.76. The number of hydrogen-bond donors (Lipinski definition) is 16. The summed E-state index contributed by atoms with van der Waals surface area (Å²) in [6, 6.07) is -5.51. The van der Waals surface area contributed by atoms with Crippen molar-refractivity contribution in [1.29, 1.82) is 0 Å². The summed E-state index contributed by atoms with van der Waals surface area (Å²) in [7, 11) is 0. The van der Waals surface area contributed by atoms with Crippen LogP contribution in [-0.4, -0.2) is 165 Å². The average molecular weight is 1040 g/mol. The van der Waals surface area contributed by atoms with Crippen LogP contribution in [0.4, 0.5) is 0 Å². The SMILES string of the molecule is NC(=O)CC[C@H](NC(=O)[C@@H]1CCCN1C(=O)[C@H](Cc1c[nH]c2ccccc12)NC(=O)[C@H](CC(N)=O)NC(=O)[C@H](CO)NC(=O)[C@H](CCCN=C(N)N)NC(=O)[C@H](CCC(N)=O)NC(=O)[C@@H](N)CCC(N)=O)C(=O)O. The number of benzene rings is 1. The van der Waals surface area contributed by atoms with Crippen LogP contribution >= 0.6 is 0 Å². The number of guanidine groups is 1. The monoisotopic (exact) mass is 1040 g/mol. The molecule has 0 bridgehead atoms. The molecule has 1 aromatic carbocycles. The van der Waals surface area contributed by atoms with Gasteiger partial charge in [-0.05, 0) is 56.6 Å². The molecule has 0 spiro atoms. The minimum absolute atomic E-state index is 0.0134. The number of aliphatic carboxylic acids is 1. The number of likely N-dealkylation sites (tertiary alicyclic amines) is 1. The van der Waals surface area contributed by atoms with Gasteiger partial charge in [-0.25, -0.2) is 4.79 Å². The molecule has 8 atom stereocenters. The van der Waals surface area contributed by atoms with Crippen molar-refractivity contribution in [2.75, 3.05) is 19.7 Å². The number of para-hydroxylation sites is 1. The Morgan fingerprint density at radius 1 is 0.649 bits per heavy atom. The second kappa shape index (κ2) is 29.2. The van der Waals surface area contributed by atoms with E-state index in [1.807, 2.05) is 0 Å². The molecule has 1 aliphatic heterocycles. The quantitative estimate of drug-likeness (QED) is 0.0184. The van der Waals surface area contributed by atoms with Gasteiger partial charge < -0.3 is 92.1 Å². The Morgan fingerprint density at radius 2 is 1.18 bits per heavy atom. The van der Waals surface area contributed by atoms with Crippen LogP contribution in [0.5, 0.6) is 0 Å². The fraction of sp³-hybridized carbons (Fsp3) is 0.523. The zero-order valence-electron chi connectivity index (χ0n) is 40.3. The lowest BCUT2D eigenvalue weighted by molar-refractivity contribution is -0.145. The van der Waals surface area contributed by atoms with E-state index in [0.29, 0.717) is 16.5 Å². The molecule has 2 heterocycles. The van der Waals surface area contributed by atoms with Gasteiger partial charge in [-0.1, -0.05) is 18.2 Å². The van der Waals surface area contributed by atoms with E-state index in [1.54, 1.807) is 30.5 Å². The Kier molecular flexibility index (Phi) is 23.6. The number of fused-ring (bicyclic) bond motifs is 1. The van der Waals surface area contributed by atoms with Crippen LogP contribution in [0.1, 0.15) is 76.2 Å². The normalized spacial score (nSPS) is 15.9. The van der Waals surface area contributed by atoms with Crippen molar-refractivity contribution in [3.8, 4) is 0 Å². The van der Waals surface area contributed by atoms with Crippen molar-refractivity contribution in [2.45, 2.75) is 125 Å². The lowest BCUT2D eigenvalue weighted by atomic mass is 10.0. The summed E-state index contributed by atoms with van der Waals surface area (Å²) < 4.78 is 0. The van der Waals surface area contributed by atoms with E-state index in [9.17, 15) is 67.7 Å². The second-order valence-electron chi connectivity index (χ2n) is 17.4. The third-order valence-corrected chi connectivity index (χ3v) is 11.6. The molecule has 1 saturated heterocycles. The topological polar surface area (TPSA) is 531 Å². The first-order valence-electron chi connectivity index (χ1n) is 23.4. The van der Waals surface area contributed by atoms with Gasteiger partial charge in [-0.15, -0.1) is 0 Å². The fourth-order valence-corrected chi connectivity index (χ4v) is 7.76. The standard InChI is InChI=1S/C44H66N16O14/c45-23(9-12-32(46)62)36(66)54-26(10-13-33(47)63)38(68)55-25(7-3-15-52-44(50)51)37(67)59-30(20-61)40(70)57-28(18-35(49)65)39(69)58-29(17-21-19-53-24-6-2-1-5-22(21)24)42(72)60-16-4-8-31(60)41(71)56-27(43(73)74)11-14-34(48)64/h1-2,5-6,19,23,25-31,53,61H,3-4,7-18,20,45H2,(H2,46,62)(H2,47,63)(H2,48,64)(H2,49,65)(H,54,66)(H,55,68)(H,56,71)(H,57,70)(H,58,69)(H,59,67)(H,73,74)(H4,50,51,52)/t23-,25-,26-,27-,28-,29-,30-,31-/m0/s1. The largest absolute Gasteiger partial charge is 0.480 e. The molecule has 0 unspecified atom stereocenters. The number of carbonyl (C=O) groups is 12. The van der Waals surface area contributed by atoms with Crippen LogP contribution < -0.4 is 72.0 Å². The zero-order valence-corrected chi connectivity index (χ0v) is 40.3. The van der Waals surface area contributed by atoms with Gasteiger partial charge in [0.2, 0.25) is 65.0 Å². The van der Waals surface area contributed by atoms with Crippen molar-refractivity contribution < 1.29 is 67.7 Å². The maximum atomic E-state index is 14.5. The molecule has 74 heavy (non-hydrogen) atoms. The molecule has 1 aliphatic rings. The van der Waals surface area contributed by atoms with Gasteiger partial charge in [0.15, 0.2) is 5.96 Å². The summed E-state index contributed by atoms with van der Waals surface area (Å²) in [4.78, 5) is 163. The number of carboxylic acid groups (broad SMARTS) is 1. The van der Waals surface area contributed by atoms with Gasteiger partial charge in [-0.2, -0.15) is 0 Å². The van der Waals surface area contributed by atoms with Gasteiger partial charge in [0.25, 0.3) is 0 Å². The predicted molar refractivity (Wildman–Crippen MR) is 260 cm³/mol. The van der Waals surface area contributed by atoms with Crippen LogP contribution in [0.15, 0.2) is 35.5 Å². The van der Waals surface area contributed by atoms with Crippen LogP contribution in [0, 0.1) is 0 Å². The Labute approximate surface area is 422 Å². The second-order valence-corrected chi connectivity index (χ2v) is 17.4. The molecule has 3 rings (SSSR count). The molecular weight excluding hydrogens is 977 g/mol. The van der Waals surface area contributed by atoms with Gasteiger partial charge in [0, 0.05) is 55.9 Å². The number of aliphatic imine (C=N–C) groups is 1. The van der Waals surface area contributed by atoms with Gasteiger partial charge in [0.05, 0.1) is 19.1 Å². The van der Waals surface area contributed by atoms with E-state index in [1.165, 1.54) is 0 Å². The van der Waals surface area contributed by atoms with Crippen LogP contribution in [0.3, 0.4) is 0 Å². The highest BCUT2D eigenvalue weighted by Crippen LogP contribution is 2.23. The van der Waals surface area contributed by atoms with Crippen molar-refractivity contribution >= 4 is 87.8 Å². The first-order valence-corrected chi connectivity index (χ1v) is 23.4. The smallest absolute Gasteiger partial charge is 0.326 e. The summed E-state index contributed by atoms with van der Waals surface area (Å²) in [5.74, 6) is -12.4. The number of amides is 11. The molecule has 406 valence electrons. The minimum Gasteiger partial charge on any atom is -0.480 e. The van der Waals surface area contributed by atoms with Crippen LogP contribution in [0.2, 0.25) is 0 Å². The lowest BCUT2D eigenvalue weighted by Crippen LogP contribution is -2.61. The number of aromatic amines is 1. The maximum absolute atomic E-state index is 14.5. The molecule has 0 aliphatic carbocycles. The van der Waals surface area contributed by atoms with Crippen LogP contribution in [-0.2, 0) is 64.0 Å². The van der Waals surface area contributed by atoms with Gasteiger partial charge >= 0.3 is 5.97 Å². The van der Waals surface area contributed by atoms with Gasteiger partial charge in [-0.3, -0.25) is 57.7 Å². The molecule has 30 nitrogen and oxygen atoms in total. The summed E-state index contributed by atoms with van der Waals surface area (Å²) >= 11 is 0. The number of nitrogens with zero attached hydrogens (tertiary/aromatic N) is 2. The number of carboxylic acids is 1. The van der Waals surface area contributed by atoms with E-state index < -0.39 is 139 Å². The number of carbonyl (C=O) groups excluding carboxylic acids is 11. The average Bonchev–Trinajstić information content (AvgIpc) is 4.00. The molecule has 11 amide bonds. The number of primary amides is 4. The number of hydrogen-bond acceptors (Lipinski definition) is 15. The summed E-state index contributed by atoms with van der Waals surface area (Å²) in [6.45, 7) is -1.21. The molecule has 30 heteroatoms. The minimum atomic E-state index is -1.90. The summed E-state index contributed by atoms with van der Waals surface area (Å²) in [5.41, 5.74) is 38.9. The number of rotatable bonds is 32. The predicted octanol–water partition coefficient (Wildman–Crippen LogP) is -7.26. The highest BCUT2D eigenvalue weighted by molar-refractivity contribution is 5.99. The van der Waals surface area contributed by atoms with Crippen molar-refractivity contribution in [3.63, 3.8) is 0 Å². The van der Waals surface area contributed by atoms with Crippen LogP contribution in [0.25, 0.3) is 10.9 Å². The van der Waals surface area contributed by atoms with E-state index in [-0.39, 0.29) is 83.3 Å². The highest BCUT2D eigenvalue weighted by Gasteiger charge is 2.40. The number of nitrogens with one attached hydrogen (secondary N) is 7. The van der Waals surface area contributed by atoms with E-state index >= 15 is 0 Å². The Morgan fingerprint density at radius 3 is 1.77 bits per heavy atom. The van der Waals surface area contributed by atoms with Crippen molar-refractivity contribution in [2.24, 2.45) is 45.1 Å². The molecule has 0 radical (unpaired) electrons. The summed E-state index contributed by atoms with van der Waals surface area (Å²) in [6.07, 6.45) is -1.35. The van der Waals surface area contributed by atoms with Crippen molar-refractivity contribution in [3.05, 3.63) is 36.0 Å². The highest BCUT2D eigenvalue weighted by atomic mass is 16.4. The van der Waals surface area contributed by atoms with Crippen molar-refractivity contribution in [1.82, 2.24) is 41.8 Å². The Hall–Kier alpha value is -8.41. The first-order chi connectivity index (χ1) is 34.9. The maximum Gasteiger partial charge on any atom is 0.326 e. The lowest BCUT2D eigenvalue weighted by Gasteiger charge is -2.30. The molecule has 1 aromatic heterocycles. The molecule has 0 saturated carbocycles. The molecule has 2 aromatic rings. The first kappa shape index (κ1) is 59.9. The number of aromatic nitrogens is 1.